The van der Waals surface area contributed by atoms with Crippen LogP contribution in [0.25, 0.3) is 11.5 Å². The van der Waals surface area contributed by atoms with Crippen LogP contribution in [0.2, 0.25) is 0 Å². The van der Waals surface area contributed by atoms with E-state index in [9.17, 15) is 4.79 Å². The van der Waals surface area contributed by atoms with E-state index < -0.39 is 0 Å². The average molecular weight is 453 g/mol. The number of carbonyl (C=O) groups excluding carboxylic acids is 1. The highest BCUT2D eigenvalue weighted by Gasteiger charge is 2.29. The predicted octanol–water partition coefficient (Wildman–Crippen LogP) is 5.55. The number of pyridine rings is 1. The van der Waals surface area contributed by atoms with Gasteiger partial charge < -0.3 is 9.42 Å². The zero-order valence-electron chi connectivity index (χ0n) is 19.5. The molecule has 0 N–H and O–H groups in total. The third kappa shape index (κ3) is 4.49. The molecule has 1 saturated heterocycles. The molecule has 3 heterocycles. The Balaban J connectivity index is 1.31. The SMILES string of the molecule is CC(C)C(c1ccc(C(=O)N2CCC(c3cccnc3)C2)cc1)c1noc(-c2ccccc2)n1. The minimum absolute atomic E-state index is 0.0212. The van der Waals surface area contributed by atoms with Crippen molar-refractivity contribution in [2.45, 2.75) is 32.1 Å². The van der Waals surface area contributed by atoms with Gasteiger partial charge in [-0.15, -0.1) is 0 Å². The maximum Gasteiger partial charge on any atom is 0.257 e. The highest BCUT2D eigenvalue weighted by atomic mass is 16.5. The van der Waals surface area contributed by atoms with Gasteiger partial charge in [0.2, 0.25) is 0 Å². The zero-order valence-corrected chi connectivity index (χ0v) is 19.5. The van der Waals surface area contributed by atoms with Gasteiger partial charge in [0.25, 0.3) is 11.8 Å². The Morgan fingerprint density at radius 3 is 2.53 bits per heavy atom. The summed E-state index contributed by atoms with van der Waals surface area (Å²) in [6.45, 7) is 5.78. The van der Waals surface area contributed by atoms with E-state index in [1.807, 2.05) is 71.8 Å². The van der Waals surface area contributed by atoms with E-state index in [4.69, 9.17) is 4.52 Å². The Labute approximate surface area is 199 Å². The quantitative estimate of drug-likeness (QED) is 0.384. The van der Waals surface area contributed by atoms with Gasteiger partial charge in [-0.3, -0.25) is 9.78 Å². The van der Waals surface area contributed by atoms with Crippen LogP contribution in [0.15, 0.2) is 83.6 Å². The first kappa shape index (κ1) is 22.0. The number of aromatic nitrogens is 3. The number of hydrogen-bond acceptors (Lipinski definition) is 5. The number of rotatable bonds is 6. The zero-order chi connectivity index (χ0) is 23.5. The van der Waals surface area contributed by atoms with Crippen molar-refractivity contribution in [3.63, 3.8) is 0 Å². The van der Waals surface area contributed by atoms with Crippen molar-refractivity contribution in [1.82, 2.24) is 20.0 Å². The number of nitrogens with zero attached hydrogens (tertiary/aromatic N) is 4. The third-order valence-electron chi connectivity index (χ3n) is 6.56. The molecule has 1 amide bonds. The monoisotopic (exact) mass is 452 g/mol. The predicted molar refractivity (Wildman–Crippen MR) is 130 cm³/mol. The average Bonchev–Trinajstić information content (AvgIpc) is 3.56. The molecule has 2 unspecified atom stereocenters. The van der Waals surface area contributed by atoms with Gasteiger partial charge in [0.1, 0.15) is 0 Å². The van der Waals surface area contributed by atoms with Crippen molar-refractivity contribution in [3.05, 3.63) is 102 Å². The van der Waals surface area contributed by atoms with E-state index in [0.29, 0.717) is 23.2 Å². The summed E-state index contributed by atoms with van der Waals surface area (Å²) in [6, 6.07) is 21.7. The Kier molecular flexibility index (Phi) is 6.21. The van der Waals surface area contributed by atoms with Crippen LogP contribution < -0.4 is 0 Å². The fourth-order valence-corrected chi connectivity index (χ4v) is 4.74. The molecule has 6 heteroatoms. The first-order chi connectivity index (χ1) is 16.6. The standard InChI is InChI=1S/C28H28N4O2/c1-19(2)25(26-30-27(34-31-26)21-7-4-3-5-8-21)20-10-12-22(13-11-20)28(33)32-16-14-24(18-32)23-9-6-15-29-17-23/h3-13,15,17,19,24-25H,14,16,18H2,1-2H3. The summed E-state index contributed by atoms with van der Waals surface area (Å²) in [4.78, 5) is 24.0. The topological polar surface area (TPSA) is 72.1 Å². The van der Waals surface area contributed by atoms with Crippen LogP contribution in [0.1, 0.15) is 59.4 Å². The lowest BCUT2D eigenvalue weighted by Crippen LogP contribution is -2.28. The molecule has 2 atom stereocenters. The minimum Gasteiger partial charge on any atom is -0.338 e. The summed E-state index contributed by atoms with van der Waals surface area (Å²) in [5.41, 5.74) is 3.88. The molecule has 0 spiro atoms. The highest BCUT2D eigenvalue weighted by Crippen LogP contribution is 2.32. The maximum atomic E-state index is 13.1. The second-order valence-electron chi connectivity index (χ2n) is 9.19. The molecule has 0 bridgehead atoms. The lowest BCUT2D eigenvalue weighted by atomic mass is 9.87. The minimum atomic E-state index is -0.0212. The van der Waals surface area contributed by atoms with Gasteiger partial charge in [-0.05, 0) is 53.8 Å². The van der Waals surface area contributed by atoms with Crippen LogP contribution in [0.5, 0.6) is 0 Å². The second-order valence-corrected chi connectivity index (χ2v) is 9.19. The molecule has 1 aliphatic rings. The smallest absolute Gasteiger partial charge is 0.257 e. The molecule has 2 aromatic carbocycles. The van der Waals surface area contributed by atoms with Gasteiger partial charge in [-0.2, -0.15) is 4.98 Å². The molecule has 4 aromatic rings. The number of carbonyl (C=O) groups is 1. The summed E-state index contributed by atoms with van der Waals surface area (Å²) >= 11 is 0. The molecular formula is C28H28N4O2. The largest absolute Gasteiger partial charge is 0.338 e. The van der Waals surface area contributed by atoms with Crippen molar-refractivity contribution >= 4 is 5.91 Å². The number of hydrogen-bond donors (Lipinski definition) is 0. The van der Waals surface area contributed by atoms with Crippen LogP contribution in [-0.2, 0) is 0 Å². The summed E-state index contributed by atoms with van der Waals surface area (Å²) < 4.78 is 5.55. The van der Waals surface area contributed by atoms with Crippen molar-refractivity contribution < 1.29 is 9.32 Å². The Hall–Kier alpha value is -3.80. The van der Waals surface area contributed by atoms with E-state index in [1.165, 1.54) is 5.56 Å². The third-order valence-corrected chi connectivity index (χ3v) is 6.56. The Morgan fingerprint density at radius 1 is 1.03 bits per heavy atom. The first-order valence-electron chi connectivity index (χ1n) is 11.8. The van der Waals surface area contributed by atoms with E-state index in [2.05, 4.69) is 35.0 Å². The van der Waals surface area contributed by atoms with Crippen LogP contribution in [0, 0.1) is 5.92 Å². The van der Waals surface area contributed by atoms with Crippen molar-refractivity contribution in [2.24, 2.45) is 5.92 Å². The normalized spacial score (nSPS) is 16.7. The molecule has 0 saturated carbocycles. The van der Waals surface area contributed by atoms with E-state index in [-0.39, 0.29) is 17.7 Å². The Bertz CT molecular complexity index is 1240. The van der Waals surface area contributed by atoms with Gasteiger partial charge in [0, 0.05) is 48.4 Å². The molecule has 6 nitrogen and oxygen atoms in total. The molecule has 172 valence electrons. The lowest BCUT2D eigenvalue weighted by molar-refractivity contribution is 0.0790. The molecule has 5 rings (SSSR count). The second kappa shape index (κ2) is 9.59. The van der Waals surface area contributed by atoms with Crippen LogP contribution in [0.4, 0.5) is 0 Å². The number of amides is 1. The first-order valence-corrected chi connectivity index (χ1v) is 11.8. The van der Waals surface area contributed by atoms with Gasteiger partial charge in [0.05, 0.1) is 0 Å². The van der Waals surface area contributed by atoms with Crippen LogP contribution >= 0.6 is 0 Å². The maximum absolute atomic E-state index is 13.1. The summed E-state index contributed by atoms with van der Waals surface area (Å²) in [5, 5.41) is 4.28. The fraction of sp³-hybridized carbons (Fsp3) is 0.286. The van der Waals surface area contributed by atoms with E-state index >= 15 is 0 Å². The molecule has 34 heavy (non-hydrogen) atoms. The van der Waals surface area contributed by atoms with Gasteiger partial charge in [-0.25, -0.2) is 0 Å². The molecular weight excluding hydrogens is 424 g/mol. The number of benzene rings is 2. The van der Waals surface area contributed by atoms with Crippen LogP contribution in [-0.4, -0.2) is 39.0 Å². The molecule has 2 aromatic heterocycles. The van der Waals surface area contributed by atoms with E-state index in [1.54, 1.807) is 6.20 Å². The molecule has 1 aliphatic heterocycles. The van der Waals surface area contributed by atoms with Crippen molar-refractivity contribution in [3.8, 4) is 11.5 Å². The highest BCUT2D eigenvalue weighted by molar-refractivity contribution is 5.94. The van der Waals surface area contributed by atoms with E-state index in [0.717, 1.165) is 30.6 Å². The Morgan fingerprint density at radius 2 is 1.82 bits per heavy atom. The summed E-state index contributed by atoms with van der Waals surface area (Å²) in [6.07, 6.45) is 4.65. The van der Waals surface area contributed by atoms with Crippen molar-refractivity contribution in [2.75, 3.05) is 13.1 Å². The summed E-state index contributed by atoms with van der Waals surface area (Å²) in [5.74, 6) is 1.84. The molecule has 1 fully saturated rings. The van der Waals surface area contributed by atoms with Gasteiger partial charge in [0.15, 0.2) is 5.82 Å². The molecule has 0 radical (unpaired) electrons. The van der Waals surface area contributed by atoms with Gasteiger partial charge >= 0.3 is 0 Å². The lowest BCUT2D eigenvalue weighted by Gasteiger charge is -2.19. The summed E-state index contributed by atoms with van der Waals surface area (Å²) in [7, 11) is 0. The fourth-order valence-electron chi connectivity index (χ4n) is 4.74. The van der Waals surface area contributed by atoms with Gasteiger partial charge in [-0.1, -0.05) is 55.4 Å². The number of likely N-dealkylation sites (tertiary alicyclic amines) is 1. The van der Waals surface area contributed by atoms with Crippen molar-refractivity contribution in [1.29, 1.82) is 0 Å². The molecule has 0 aliphatic carbocycles. The van der Waals surface area contributed by atoms with Crippen LogP contribution in [0.3, 0.4) is 0 Å².